The Morgan fingerprint density at radius 2 is 0.577 bits per heavy atom. The zero-order valence-corrected chi connectivity index (χ0v) is 74.1. The Balaban J connectivity index is 0.000000337. The number of hydrogen-bond donors (Lipinski definition) is 4. The molecule has 0 aliphatic carbocycles. The summed E-state index contributed by atoms with van der Waals surface area (Å²) in [6.07, 6.45) is 6.81. The standard InChI is InChI=1S/C19H28N2OSSi.C18H15Cl2P.C17H22ClNOSSi.C17H23NO2SSi.C3H10N2OS.C2H7N.CH5NO2S/c1-19(2,3)24(17-13-9-7-10-14-17,18-15-11-8-12-16-18)20-23(6,22)21(4)5;19-21(20,16-10-4-1-5-11-16,17-12-6-2-7-13-17)18-14-8-3-9-15-18;1-17(2,3)22(19-21(4,18)20,15-11-7-5-8-12-15)16-13-9-6-10-14-16;1-17(2,3)22(18-21(4,19)20,15-11-7-5-8-12-15)16-13-9-6-10-14-16;1-5(2)7(3,4)6;1-3-2;1-5(2,3)4/h7-16H,1-6H3;1-15H;5-14H,1-4H3;5-14,18H,1-4H3;4H,1-3H3;3H,1-2H3;1H3,(H2,2,3,4). The Kier molecular flexibility index (Phi) is 34.8. The summed E-state index contributed by atoms with van der Waals surface area (Å²) in [6, 6.07) is 90.9. The van der Waals surface area contributed by atoms with Crippen molar-refractivity contribution in [2.75, 3.05) is 73.6 Å². The van der Waals surface area contributed by atoms with Gasteiger partial charge in [-0.05, 0) is 71.0 Å². The van der Waals surface area contributed by atoms with Crippen molar-refractivity contribution in [3.05, 3.63) is 273 Å². The van der Waals surface area contributed by atoms with Crippen LogP contribution < -0.4 is 61.9 Å². The maximum absolute atomic E-state index is 13.3. The fourth-order valence-electron chi connectivity index (χ4n) is 11.3. The van der Waals surface area contributed by atoms with Crippen molar-refractivity contribution in [1.82, 2.24) is 18.3 Å². The first-order chi connectivity index (χ1) is 47.9. The van der Waals surface area contributed by atoms with Crippen LogP contribution in [0.25, 0.3) is 0 Å². The van der Waals surface area contributed by atoms with Gasteiger partial charge < -0.3 is 5.32 Å². The van der Waals surface area contributed by atoms with E-state index >= 15 is 0 Å². The summed E-state index contributed by atoms with van der Waals surface area (Å²) in [5.74, 6) is 0. The molecule has 9 aromatic carbocycles. The molecule has 3 unspecified atom stereocenters. The van der Waals surface area contributed by atoms with Crippen LogP contribution in [-0.2, 0) is 48.8 Å². The molecular weight excluding hydrogens is 1530 g/mol. The number of benzene rings is 9. The van der Waals surface area contributed by atoms with Gasteiger partial charge in [-0.15, -0.1) is 0 Å². The Morgan fingerprint density at radius 1 is 0.385 bits per heavy atom. The molecule has 9 rings (SSSR count). The van der Waals surface area contributed by atoms with Crippen LogP contribution in [-0.4, -0.2) is 136 Å². The molecule has 5 N–H and O–H groups in total. The van der Waals surface area contributed by atoms with Crippen LogP contribution in [0.5, 0.6) is 0 Å². The number of hydrogen-bond acceptors (Lipinski definition) is 11. The van der Waals surface area contributed by atoms with Crippen LogP contribution in [0.2, 0.25) is 15.1 Å². The molecule has 568 valence electrons. The predicted molar refractivity (Wildman–Crippen MR) is 465 cm³/mol. The van der Waals surface area contributed by atoms with Crippen LogP contribution >= 0.6 is 38.5 Å². The van der Waals surface area contributed by atoms with E-state index < -0.39 is 78.8 Å². The summed E-state index contributed by atoms with van der Waals surface area (Å²) < 4.78 is 102. The van der Waals surface area contributed by atoms with E-state index in [2.05, 4.69) is 150 Å². The number of halogens is 3. The molecule has 0 amide bonds. The summed E-state index contributed by atoms with van der Waals surface area (Å²) in [4.78, 5) is 0. The fraction of sp³-hybridized carbons (Fsp3) is 0.299. The van der Waals surface area contributed by atoms with Gasteiger partial charge in [0.1, 0.15) is 18.9 Å². The van der Waals surface area contributed by atoms with Crippen LogP contribution in [0.1, 0.15) is 62.3 Å². The third-order valence-corrected chi connectivity index (χ3v) is 48.1. The zero-order chi connectivity index (χ0) is 78.9. The van der Waals surface area contributed by atoms with Crippen molar-refractivity contribution in [3.8, 4) is 0 Å². The summed E-state index contributed by atoms with van der Waals surface area (Å²) in [5, 5.41) is 12.8. The van der Waals surface area contributed by atoms with Crippen LogP contribution in [0, 0.1) is 4.78 Å². The Bertz CT molecular complexity index is 4470. The van der Waals surface area contributed by atoms with Crippen molar-refractivity contribution in [2.45, 2.75) is 77.4 Å². The van der Waals surface area contributed by atoms with Gasteiger partial charge in [-0.2, -0.15) is 0 Å². The molecule has 104 heavy (non-hydrogen) atoms. The molecule has 0 radical (unpaired) electrons. The van der Waals surface area contributed by atoms with Gasteiger partial charge in [0.05, 0.1) is 22.4 Å². The fourth-order valence-corrected chi connectivity index (χ4v) is 40.5. The molecule has 0 aromatic heterocycles. The molecule has 0 aliphatic rings. The number of rotatable bonds is 15. The van der Waals surface area contributed by atoms with Gasteiger partial charge in [-0.1, -0.05) is 244 Å². The summed E-state index contributed by atoms with van der Waals surface area (Å²) in [7, 11) is -5.39. The van der Waals surface area contributed by atoms with Crippen molar-refractivity contribution in [2.24, 2.45) is 13.2 Å². The first-order valence-corrected chi connectivity index (χ1v) is 53.5. The van der Waals surface area contributed by atoms with Crippen molar-refractivity contribution < 1.29 is 29.5 Å². The summed E-state index contributed by atoms with van der Waals surface area (Å²) in [5.41, 5.74) is 0. The van der Waals surface area contributed by atoms with Gasteiger partial charge in [-0.25, -0.2) is 52.4 Å². The van der Waals surface area contributed by atoms with Gasteiger partial charge >= 0.3 is 135 Å². The second-order valence-electron chi connectivity index (χ2n) is 28.3. The first-order valence-electron chi connectivity index (χ1n) is 33.2. The monoisotopic (exact) mass is 1640 g/mol. The molecule has 0 saturated heterocycles. The average Bonchev–Trinajstić information content (AvgIpc) is 0.742. The van der Waals surface area contributed by atoms with E-state index in [0.29, 0.717) is 0 Å². The van der Waals surface area contributed by atoms with E-state index in [1.807, 2.05) is 228 Å². The maximum atomic E-state index is 13.3. The molecule has 0 fully saturated rings. The van der Waals surface area contributed by atoms with Gasteiger partial charge in [0.25, 0.3) is 16.5 Å². The molecule has 9 aromatic rings. The molecule has 0 spiro atoms. The van der Waals surface area contributed by atoms with E-state index in [4.69, 9.17) is 46.0 Å². The van der Waals surface area contributed by atoms with E-state index in [0.717, 1.165) is 42.9 Å². The molecule has 0 aliphatic heterocycles. The van der Waals surface area contributed by atoms with Crippen LogP contribution in [0.4, 0.5) is 0 Å². The number of primary sulfonamides is 1. The Morgan fingerprint density at radius 3 is 0.740 bits per heavy atom. The number of nitrogens with zero attached hydrogens (tertiary/aromatic N) is 4. The average molecular weight is 1640 g/mol. The second kappa shape index (κ2) is 39.0. The van der Waals surface area contributed by atoms with E-state index in [1.165, 1.54) is 33.4 Å². The SMILES string of the molecule is CC(C)(C)[Si](N=S(C)(=O)Cl)(c1ccccc1)c1ccccc1.CC(C)(C)[Si](NS(C)(=O)=O)(c1ccccc1)c1ccccc1.CN(C)S(C)(=N)=O.CN(C)S(C)(=O)=N[Si](c1ccccc1)(c1ccccc1)C(C)(C)C.CNC.CS(N)(=O)=O.ClP(Cl)(c1ccccc1)(c1ccccc1)c1ccccc1. The molecule has 0 bridgehead atoms. The molecule has 3 atom stereocenters. The molecule has 0 saturated carbocycles. The molecule has 27 heteroatoms. The summed E-state index contributed by atoms with van der Waals surface area (Å²) in [6.45, 7) is 19.4. The normalized spacial score (nSPS) is 14.2. The molecule has 0 heterocycles. The third-order valence-electron chi connectivity index (χ3n) is 16.4. The minimum absolute atomic E-state index is 0.121. The van der Waals surface area contributed by atoms with Crippen molar-refractivity contribution in [3.63, 3.8) is 0 Å². The van der Waals surface area contributed by atoms with Crippen molar-refractivity contribution >= 4 is 159 Å². The third kappa shape index (κ3) is 26.1. The van der Waals surface area contributed by atoms with E-state index in [1.54, 1.807) is 24.7 Å². The summed E-state index contributed by atoms with van der Waals surface area (Å²) >= 11 is 14.5. The van der Waals surface area contributed by atoms with Gasteiger partial charge in [0, 0.05) is 47.0 Å². The predicted octanol–water partition coefficient (Wildman–Crippen LogP) is 12.7. The first kappa shape index (κ1) is 92.7. The van der Waals surface area contributed by atoms with Crippen LogP contribution in [0.15, 0.2) is 281 Å². The topological polar surface area (TPSA) is 225 Å². The van der Waals surface area contributed by atoms with E-state index in [-0.39, 0.29) is 15.1 Å². The van der Waals surface area contributed by atoms with Gasteiger partial charge in [-0.3, -0.25) is 8.06 Å². The number of sulfonamides is 2. The minimum atomic E-state index is -3.43. The Hall–Kier alpha value is -5.52. The quantitative estimate of drug-likeness (QED) is 0.0438. The van der Waals surface area contributed by atoms with Gasteiger partial charge in [0.15, 0.2) is 0 Å². The van der Waals surface area contributed by atoms with Gasteiger partial charge in [0.2, 0.25) is 28.3 Å². The number of nitrogens with one attached hydrogen (secondary N) is 3. The van der Waals surface area contributed by atoms with Crippen molar-refractivity contribution in [1.29, 1.82) is 4.78 Å². The number of nitrogens with two attached hydrogens (primary N) is 1. The second-order valence-corrected chi connectivity index (χ2v) is 61.8. The Labute approximate surface area is 643 Å². The van der Waals surface area contributed by atoms with Crippen LogP contribution in [0.3, 0.4) is 0 Å². The molecule has 15 nitrogen and oxygen atoms in total. The molecular formula is C77H110Cl3N8O7PS5Si3. The zero-order valence-electron chi connectivity index (χ0n) is 63.8. The van der Waals surface area contributed by atoms with E-state index in [9.17, 15) is 29.5 Å².